The minimum atomic E-state index is -4.36. The van der Waals surface area contributed by atoms with E-state index in [9.17, 15) is 13.2 Å². The molecule has 0 amide bonds. The van der Waals surface area contributed by atoms with Crippen LogP contribution in [0.25, 0.3) is 22.4 Å². The summed E-state index contributed by atoms with van der Waals surface area (Å²) in [6.07, 6.45) is 3.64. The van der Waals surface area contributed by atoms with Crippen molar-refractivity contribution in [1.29, 1.82) is 0 Å². The molecule has 0 aliphatic heterocycles. The van der Waals surface area contributed by atoms with Crippen molar-refractivity contribution in [2.24, 2.45) is 0 Å². The standard InChI is InChI=1S/C30H31F3/c1-6-8-21(22-9-7-10-25(17-22)30(31,32)33)15-20-11-12-23-18-26-27(19-24(23)16-20)29(4,5)14-13-28(26,2)3/h6-12,15-19H,13-14H2,1-5H3/b8-6?,21-15-. The maximum Gasteiger partial charge on any atom is 0.416 e. The van der Waals surface area contributed by atoms with Gasteiger partial charge in [0.15, 0.2) is 0 Å². The van der Waals surface area contributed by atoms with Crippen LogP contribution in [0.1, 0.15) is 75.3 Å². The summed E-state index contributed by atoms with van der Waals surface area (Å²) in [6.45, 7) is 11.1. The van der Waals surface area contributed by atoms with Gasteiger partial charge in [-0.15, -0.1) is 0 Å². The molecule has 0 radical (unpaired) electrons. The van der Waals surface area contributed by atoms with Crippen LogP contribution in [0, 0.1) is 0 Å². The quantitative estimate of drug-likeness (QED) is 0.277. The largest absolute Gasteiger partial charge is 0.416 e. The van der Waals surface area contributed by atoms with Crippen LogP contribution in [0.4, 0.5) is 13.2 Å². The Balaban J connectivity index is 1.82. The summed E-state index contributed by atoms with van der Waals surface area (Å²) in [5.41, 5.74) is 4.75. The molecule has 0 bridgehead atoms. The molecule has 4 rings (SSSR count). The monoisotopic (exact) mass is 448 g/mol. The Morgan fingerprint density at radius 3 is 2.06 bits per heavy atom. The van der Waals surface area contributed by atoms with Gasteiger partial charge in [-0.05, 0) is 93.5 Å². The van der Waals surface area contributed by atoms with Gasteiger partial charge in [-0.25, -0.2) is 0 Å². The van der Waals surface area contributed by atoms with Crippen LogP contribution in [0.5, 0.6) is 0 Å². The first-order valence-electron chi connectivity index (χ1n) is 11.5. The Labute approximate surface area is 194 Å². The zero-order chi connectivity index (χ0) is 24.0. The number of hydrogen-bond donors (Lipinski definition) is 0. The van der Waals surface area contributed by atoms with Gasteiger partial charge in [0, 0.05) is 0 Å². The second-order valence-corrected chi connectivity index (χ2v) is 10.5. The molecule has 0 saturated carbocycles. The van der Waals surface area contributed by atoms with E-state index in [1.165, 1.54) is 35.1 Å². The third-order valence-corrected chi connectivity index (χ3v) is 7.03. The van der Waals surface area contributed by atoms with Gasteiger partial charge in [0.25, 0.3) is 0 Å². The topological polar surface area (TPSA) is 0 Å². The fourth-order valence-electron chi connectivity index (χ4n) is 4.88. The molecule has 0 unspecified atom stereocenters. The lowest BCUT2D eigenvalue weighted by molar-refractivity contribution is -0.137. The van der Waals surface area contributed by atoms with Crippen molar-refractivity contribution in [3.63, 3.8) is 0 Å². The molecule has 0 aromatic heterocycles. The van der Waals surface area contributed by atoms with Crippen molar-refractivity contribution in [2.75, 3.05) is 0 Å². The van der Waals surface area contributed by atoms with Crippen molar-refractivity contribution in [2.45, 2.75) is 64.5 Å². The maximum atomic E-state index is 13.2. The third kappa shape index (κ3) is 4.64. The third-order valence-electron chi connectivity index (χ3n) is 7.03. The molecule has 0 nitrogen and oxygen atoms in total. The van der Waals surface area contributed by atoms with Crippen molar-refractivity contribution in [3.8, 4) is 0 Å². The molecule has 1 aliphatic rings. The van der Waals surface area contributed by atoms with E-state index in [0.29, 0.717) is 5.56 Å². The minimum absolute atomic E-state index is 0.124. The molecule has 0 fully saturated rings. The number of benzene rings is 3. The highest BCUT2D eigenvalue weighted by Crippen LogP contribution is 2.47. The van der Waals surface area contributed by atoms with Crippen molar-refractivity contribution in [1.82, 2.24) is 0 Å². The summed E-state index contributed by atoms with van der Waals surface area (Å²) in [5, 5.41) is 2.36. The number of rotatable bonds is 3. The Bertz CT molecular complexity index is 1250. The SMILES string of the molecule is CC=C/C(=C/c1ccc2cc3c(cc2c1)C(C)(C)CCC3(C)C)c1cccc(C(F)(F)F)c1. The number of fused-ring (bicyclic) bond motifs is 2. The second-order valence-electron chi connectivity index (χ2n) is 10.5. The minimum Gasteiger partial charge on any atom is -0.166 e. The molecule has 172 valence electrons. The van der Waals surface area contributed by atoms with Crippen LogP contribution in [0.3, 0.4) is 0 Å². The van der Waals surface area contributed by atoms with Gasteiger partial charge in [-0.1, -0.05) is 76.2 Å². The Morgan fingerprint density at radius 1 is 0.818 bits per heavy atom. The molecule has 0 spiro atoms. The zero-order valence-electron chi connectivity index (χ0n) is 20.0. The van der Waals surface area contributed by atoms with Crippen molar-refractivity contribution in [3.05, 3.63) is 94.6 Å². The lowest BCUT2D eigenvalue weighted by Crippen LogP contribution is -2.33. The van der Waals surface area contributed by atoms with E-state index in [4.69, 9.17) is 0 Å². The Kier molecular flexibility index (Phi) is 5.80. The molecule has 0 atom stereocenters. The van der Waals surface area contributed by atoms with Crippen LogP contribution in [-0.2, 0) is 17.0 Å². The van der Waals surface area contributed by atoms with Crippen LogP contribution in [-0.4, -0.2) is 0 Å². The van der Waals surface area contributed by atoms with E-state index >= 15 is 0 Å². The highest BCUT2D eigenvalue weighted by Gasteiger charge is 2.37. The van der Waals surface area contributed by atoms with E-state index in [2.05, 4.69) is 52.0 Å². The number of alkyl halides is 3. The molecule has 0 saturated heterocycles. The first kappa shape index (κ1) is 23.4. The van der Waals surface area contributed by atoms with E-state index in [-0.39, 0.29) is 10.8 Å². The van der Waals surface area contributed by atoms with Crippen LogP contribution < -0.4 is 0 Å². The van der Waals surface area contributed by atoms with E-state index < -0.39 is 11.7 Å². The van der Waals surface area contributed by atoms with Crippen molar-refractivity contribution >= 4 is 22.4 Å². The van der Waals surface area contributed by atoms with Gasteiger partial charge in [-0.2, -0.15) is 13.2 Å². The highest BCUT2D eigenvalue weighted by atomic mass is 19.4. The van der Waals surface area contributed by atoms with Crippen LogP contribution >= 0.6 is 0 Å². The number of allylic oxidation sites excluding steroid dienone is 3. The van der Waals surface area contributed by atoms with Gasteiger partial charge >= 0.3 is 6.18 Å². The molecular weight excluding hydrogens is 417 g/mol. The number of halogens is 3. The highest BCUT2D eigenvalue weighted by molar-refractivity contribution is 5.92. The summed E-state index contributed by atoms with van der Waals surface area (Å²) in [4.78, 5) is 0. The summed E-state index contributed by atoms with van der Waals surface area (Å²) >= 11 is 0. The van der Waals surface area contributed by atoms with Gasteiger partial charge in [0.1, 0.15) is 0 Å². The maximum absolute atomic E-state index is 13.2. The average Bonchev–Trinajstić information content (AvgIpc) is 2.75. The fourth-order valence-corrected chi connectivity index (χ4v) is 4.88. The Hall–Kier alpha value is -2.81. The van der Waals surface area contributed by atoms with Gasteiger partial charge in [-0.3, -0.25) is 0 Å². The average molecular weight is 449 g/mol. The normalized spacial score (nSPS) is 18.0. The molecule has 3 aromatic carbocycles. The van der Waals surface area contributed by atoms with Crippen LogP contribution in [0.2, 0.25) is 0 Å². The fraction of sp³-hybridized carbons (Fsp3) is 0.333. The van der Waals surface area contributed by atoms with Crippen molar-refractivity contribution < 1.29 is 13.2 Å². The first-order chi connectivity index (χ1) is 15.4. The van der Waals surface area contributed by atoms with Gasteiger partial charge in [0.2, 0.25) is 0 Å². The zero-order valence-corrected chi connectivity index (χ0v) is 20.0. The molecule has 0 heterocycles. The molecule has 0 N–H and O–H groups in total. The predicted octanol–water partition coefficient (Wildman–Crippen LogP) is 9.32. The van der Waals surface area contributed by atoms with E-state index in [1.807, 2.05) is 31.2 Å². The molecule has 1 aliphatic carbocycles. The molecule has 33 heavy (non-hydrogen) atoms. The smallest absolute Gasteiger partial charge is 0.166 e. The summed E-state index contributed by atoms with van der Waals surface area (Å²) in [6, 6.07) is 16.5. The van der Waals surface area contributed by atoms with E-state index in [1.54, 1.807) is 6.07 Å². The van der Waals surface area contributed by atoms with Crippen LogP contribution in [0.15, 0.2) is 66.7 Å². The van der Waals surface area contributed by atoms with E-state index in [0.717, 1.165) is 29.0 Å². The molecular formula is C30H31F3. The second kappa shape index (κ2) is 8.20. The summed E-state index contributed by atoms with van der Waals surface area (Å²) < 4.78 is 39.7. The summed E-state index contributed by atoms with van der Waals surface area (Å²) in [7, 11) is 0. The Morgan fingerprint density at radius 2 is 1.45 bits per heavy atom. The lowest BCUT2D eigenvalue weighted by Gasteiger charge is -2.42. The first-order valence-corrected chi connectivity index (χ1v) is 11.5. The predicted molar refractivity (Wildman–Crippen MR) is 133 cm³/mol. The molecule has 3 aromatic rings. The van der Waals surface area contributed by atoms with Gasteiger partial charge < -0.3 is 0 Å². The van der Waals surface area contributed by atoms with Gasteiger partial charge in [0.05, 0.1) is 5.56 Å². The lowest BCUT2D eigenvalue weighted by atomic mass is 9.63. The molecule has 3 heteroatoms. The number of hydrogen-bond acceptors (Lipinski definition) is 0. The summed E-state index contributed by atoms with van der Waals surface area (Å²) in [5.74, 6) is 0.